The number of piperidine rings is 1. The second-order valence-corrected chi connectivity index (χ2v) is 8.46. The molecule has 3 aromatic rings. The van der Waals surface area contributed by atoms with Crippen molar-refractivity contribution in [3.05, 3.63) is 82.2 Å². The van der Waals surface area contributed by atoms with E-state index in [9.17, 15) is 30.5 Å². The molecule has 2 heterocycles. The van der Waals surface area contributed by atoms with Gasteiger partial charge < -0.3 is 25.7 Å². The number of rotatable bonds is 8. The molecule has 5 N–H and O–H groups in total. The quantitative estimate of drug-likeness (QED) is 0.231. The van der Waals surface area contributed by atoms with Crippen LogP contribution in [0.5, 0.6) is 0 Å². The number of aliphatic hydroxyl groups is 4. The first kappa shape index (κ1) is 24.6. The number of nitrogens with zero attached hydrogens (tertiary/aromatic N) is 4. The highest BCUT2D eigenvalue weighted by Gasteiger charge is 2.40. The Morgan fingerprint density at radius 1 is 1.03 bits per heavy atom. The monoisotopic (exact) mass is 481 g/mol. The average molecular weight is 482 g/mol. The Morgan fingerprint density at radius 3 is 2.37 bits per heavy atom. The van der Waals surface area contributed by atoms with Crippen LogP contribution in [0.3, 0.4) is 0 Å². The minimum atomic E-state index is -1.30. The van der Waals surface area contributed by atoms with Gasteiger partial charge in [0.25, 0.3) is 5.69 Å². The van der Waals surface area contributed by atoms with Crippen LogP contribution in [0, 0.1) is 10.1 Å². The van der Waals surface area contributed by atoms with Crippen molar-refractivity contribution in [3.63, 3.8) is 0 Å². The highest BCUT2D eigenvalue weighted by atomic mass is 16.6. The summed E-state index contributed by atoms with van der Waals surface area (Å²) in [6.07, 6.45) is -0.496. The largest absolute Gasteiger partial charge is 0.395 e. The van der Waals surface area contributed by atoms with E-state index < -0.39 is 29.3 Å². The standard InChI is InChI=1S/C24H27N5O6/c30-14-20-22(32)23(33)21(31)13-28(20)12-16-4-2-15(3-5-16)11-27-18-7-6-17(10-19(18)29(34)35)24-25-8-1-9-26-24/h1-10,20-23,27,30-33H,11-14H2/t20-,21+,22-,23-/m1/s1. The van der Waals surface area contributed by atoms with Crippen molar-refractivity contribution in [2.75, 3.05) is 18.5 Å². The molecule has 2 aromatic carbocycles. The van der Waals surface area contributed by atoms with Crippen molar-refractivity contribution in [1.29, 1.82) is 0 Å². The lowest BCUT2D eigenvalue weighted by Crippen LogP contribution is -2.62. The number of benzene rings is 2. The number of nitrogens with one attached hydrogen (secondary N) is 1. The van der Waals surface area contributed by atoms with E-state index in [4.69, 9.17) is 0 Å². The topological polar surface area (TPSA) is 165 Å². The molecule has 0 radical (unpaired) electrons. The Balaban J connectivity index is 1.42. The van der Waals surface area contributed by atoms with E-state index in [1.807, 2.05) is 24.3 Å². The zero-order valence-corrected chi connectivity index (χ0v) is 18.8. The SMILES string of the molecule is O=[N+]([O-])c1cc(-c2ncccn2)ccc1NCc1ccc(CN2C[C@H](O)[C@@H](O)[C@H](O)[C@H]2CO)cc1. The van der Waals surface area contributed by atoms with Crippen molar-refractivity contribution in [1.82, 2.24) is 14.9 Å². The molecule has 11 nitrogen and oxygen atoms in total. The number of nitro groups is 1. The van der Waals surface area contributed by atoms with Gasteiger partial charge in [-0.3, -0.25) is 15.0 Å². The van der Waals surface area contributed by atoms with E-state index in [2.05, 4.69) is 15.3 Å². The third kappa shape index (κ3) is 5.61. The molecular formula is C24H27N5O6. The zero-order chi connectivity index (χ0) is 24.9. The molecule has 0 unspecified atom stereocenters. The summed E-state index contributed by atoms with van der Waals surface area (Å²) in [6, 6.07) is 13.3. The highest BCUT2D eigenvalue weighted by Crippen LogP contribution is 2.29. The number of hydrogen-bond acceptors (Lipinski definition) is 10. The molecular weight excluding hydrogens is 454 g/mol. The highest BCUT2D eigenvalue weighted by molar-refractivity contribution is 5.70. The fraction of sp³-hybridized carbons (Fsp3) is 0.333. The molecule has 1 fully saturated rings. The summed E-state index contributed by atoms with van der Waals surface area (Å²) in [7, 11) is 0. The van der Waals surface area contributed by atoms with Crippen LogP contribution in [0.15, 0.2) is 60.9 Å². The van der Waals surface area contributed by atoms with Crippen molar-refractivity contribution in [2.45, 2.75) is 37.4 Å². The lowest BCUT2D eigenvalue weighted by atomic mass is 9.93. The fourth-order valence-corrected chi connectivity index (χ4v) is 4.17. The van der Waals surface area contributed by atoms with E-state index in [0.717, 1.165) is 11.1 Å². The molecule has 11 heteroatoms. The number of aliphatic hydroxyl groups excluding tert-OH is 4. The van der Waals surface area contributed by atoms with Crippen LogP contribution in [-0.2, 0) is 13.1 Å². The van der Waals surface area contributed by atoms with E-state index >= 15 is 0 Å². The van der Waals surface area contributed by atoms with E-state index in [1.165, 1.54) is 6.07 Å². The fourth-order valence-electron chi connectivity index (χ4n) is 4.17. The van der Waals surface area contributed by atoms with Crippen LogP contribution in [0.4, 0.5) is 11.4 Å². The second kappa shape index (κ2) is 10.8. The van der Waals surface area contributed by atoms with Crippen molar-refractivity contribution in [2.24, 2.45) is 0 Å². The van der Waals surface area contributed by atoms with E-state index in [-0.39, 0.29) is 18.8 Å². The molecule has 4 atom stereocenters. The first-order valence-electron chi connectivity index (χ1n) is 11.1. The summed E-state index contributed by atoms with van der Waals surface area (Å²) in [5, 5.41) is 54.3. The van der Waals surface area contributed by atoms with Gasteiger partial charge in [0.05, 0.1) is 23.7 Å². The summed E-state index contributed by atoms with van der Waals surface area (Å²) < 4.78 is 0. The number of anilines is 1. The Labute approximate surface area is 201 Å². The lowest BCUT2D eigenvalue weighted by Gasteiger charge is -2.43. The van der Waals surface area contributed by atoms with E-state index in [0.29, 0.717) is 30.2 Å². The van der Waals surface area contributed by atoms with Crippen LogP contribution < -0.4 is 5.32 Å². The van der Waals surface area contributed by atoms with Gasteiger partial charge in [-0.2, -0.15) is 0 Å². The van der Waals surface area contributed by atoms with Crippen molar-refractivity contribution >= 4 is 11.4 Å². The van der Waals surface area contributed by atoms with Crippen LogP contribution in [-0.4, -0.2) is 77.7 Å². The molecule has 0 aliphatic carbocycles. The van der Waals surface area contributed by atoms with Gasteiger partial charge in [0, 0.05) is 43.7 Å². The average Bonchev–Trinajstić information content (AvgIpc) is 2.87. The Hall–Kier alpha value is -3.48. The summed E-state index contributed by atoms with van der Waals surface area (Å²) in [4.78, 5) is 21.2. The van der Waals surface area contributed by atoms with Crippen LogP contribution in [0.2, 0.25) is 0 Å². The van der Waals surface area contributed by atoms with Crippen molar-refractivity contribution in [3.8, 4) is 11.4 Å². The van der Waals surface area contributed by atoms with Crippen LogP contribution in [0.1, 0.15) is 11.1 Å². The van der Waals surface area contributed by atoms with Crippen LogP contribution >= 0.6 is 0 Å². The third-order valence-electron chi connectivity index (χ3n) is 6.13. The molecule has 0 amide bonds. The predicted molar refractivity (Wildman–Crippen MR) is 127 cm³/mol. The summed E-state index contributed by atoms with van der Waals surface area (Å²) in [5.41, 5.74) is 2.63. The molecule has 4 rings (SSSR count). The van der Waals surface area contributed by atoms with Crippen LogP contribution in [0.25, 0.3) is 11.4 Å². The molecule has 1 aromatic heterocycles. The normalized spacial score (nSPS) is 22.6. The number of likely N-dealkylation sites (tertiary alicyclic amines) is 1. The molecule has 184 valence electrons. The summed E-state index contributed by atoms with van der Waals surface area (Å²) in [5.74, 6) is 0.407. The summed E-state index contributed by atoms with van der Waals surface area (Å²) in [6.45, 7) is 0.504. The van der Waals surface area contributed by atoms with Gasteiger partial charge in [-0.15, -0.1) is 0 Å². The molecule has 1 saturated heterocycles. The number of nitro benzene ring substituents is 1. The molecule has 0 saturated carbocycles. The zero-order valence-electron chi connectivity index (χ0n) is 18.8. The molecule has 35 heavy (non-hydrogen) atoms. The maximum Gasteiger partial charge on any atom is 0.293 e. The van der Waals surface area contributed by atoms with Gasteiger partial charge in [0.2, 0.25) is 0 Å². The molecule has 0 spiro atoms. The minimum Gasteiger partial charge on any atom is -0.395 e. The molecule has 1 aliphatic heterocycles. The first-order chi connectivity index (χ1) is 16.9. The summed E-state index contributed by atoms with van der Waals surface area (Å²) >= 11 is 0. The Morgan fingerprint density at radius 2 is 1.71 bits per heavy atom. The molecule has 1 aliphatic rings. The minimum absolute atomic E-state index is 0.0778. The van der Waals surface area contributed by atoms with Gasteiger partial charge in [-0.05, 0) is 29.3 Å². The van der Waals surface area contributed by atoms with Gasteiger partial charge in [0.1, 0.15) is 17.9 Å². The lowest BCUT2D eigenvalue weighted by molar-refractivity contribution is -0.383. The van der Waals surface area contributed by atoms with Gasteiger partial charge in [-0.1, -0.05) is 24.3 Å². The Kier molecular flexibility index (Phi) is 7.63. The third-order valence-corrected chi connectivity index (χ3v) is 6.13. The second-order valence-electron chi connectivity index (χ2n) is 8.46. The first-order valence-corrected chi connectivity index (χ1v) is 11.1. The number of aromatic nitrogens is 2. The van der Waals surface area contributed by atoms with Crippen molar-refractivity contribution < 1.29 is 25.3 Å². The number of hydrogen-bond donors (Lipinski definition) is 5. The van der Waals surface area contributed by atoms with E-state index in [1.54, 1.807) is 35.5 Å². The smallest absolute Gasteiger partial charge is 0.293 e. The predicted octanol–water partition coefficient (Wildman–Crippen LogP) is 0.923. The number of β-amino-alcohol motifs (C(OH)–C–C–N with tert-alkyl or cyclic N) is 1. The van der Waals surface area contributed by atoms with Gasteiger partial charge >= 0.3 is 0 Å². The maximum atomic E-state index is 11.6. The molecule has 0 bridgehead atoms. The maximum absolute atomic E-state index is 11.6. The van der Waals surface area contributed by atoms with Gasteiger partial charge in [0.15, 0.2) is 5.82 Å². The Bertz CT molecular complexity index is 1150. The van der Waals surface area contributed by atoms with Gasteiger partial charge in [-0.25, -0.2) is 9.97 Å².